The van der Waals surface area contributed by atoms with E-state index in [1.807, 2.05) is 25.1 Å². The Morgan fingerprint density at radius 3 is 2.43 bits per heavy atom. The molecule has 0 aliphatic carbocycles. The molecule has 0 radical (unpaired) electrons. The minimum Gasteiger partial charge on any atom is -0.397 e. The van der Waals surface area contributed by atoms with Gasteiger partial charge in [-0.2, -0.15) is 0 Å². The highest BCUT2D eigenvalue weighted by atomic mass is 35.5. The molecule has 112 valence electrons. The first-order valence-corrected chi connectivity index (χ1v) is 7.09. The van der Waals surface area contributed by atoms with E-state index in [4.69, 9.17) is 34.7 Å². The van der Waals surface area contributed by atoms with Gasteiger partial charge in [-0.05, 0) is 30.7 Å². The zero-order valence-corrected chi connectivity index (χ0v) is 13.2. The van der Waals surface area contributed by atoms with Crippen LogP contribution in [0.4, 0.5) is 21.5 Å². The van der Waals surface area contributed by atoms with Crippen LogP contribution in [-0.2, 0) is 0 Å². The van der Waals surface area contributed by atoms with Crippen molar-refractivity contribution in [3.8, 4) is 0 Å². The van der Waals surface area contributed by atoms with Crippen LogP contribution in [0.3, 0.4) is 0 Å². The largest absolute Gasteiger partial charge is 0.397 e. The fourth-order valence-electron chi connectivity index (χ4n) is 2.20. The minimum absolute atomic E-state index is 0.121. The SMILES string of the molecule is CC(c1cccc(Cl)c1)N(C)c1c(N)cc(N)c(Cl)c1F. The highest BCUT2D eigenvalue weighted by Gasteiger charge is 2.22. The third-order valence-electron chi connectivity index (χ3n) is 3.50. The molecule has 0 aliphatic heterocycles. The summed E-state index contributed by atoms with van der Waals surface area (Å²) in [5.74, 6) is -0.620. The molecule has 0 saturated heterocycles. The Kier molecular flexibility index (Phi) is 4.49. The summed E-state index contributed by atoms with van der Waals surface area (Å²) in [5.41, 5.74) is 13.0. The Morgan fingerprint density at radius 1 is 1.14 bits per heavy atom. The Balaban J connectivity index is 2.45. The van der Waals surface area contributed by atoms with Crippen LogP contribution < -0.4 is 16.4 Å². The van der Waals surface area contributed by atoms with Crippen molar-refractivity contribution in [2.75, 3.05) is 23.4 Å². The maximum Gasteiger partial charge on any atom is 0.169 e. The summed E-state index contributed by atoms with van der Waals surface area (Å²) >= 11 is 11.9. The molecule has 0 bridgehead atoms. The Hall–Kier alpha value is -1.65. The van der Waals surface area contributed by atoms with Crippen LogP contribution in [0.15, 0.2) is 30.3 Å². The molecule has 2 rings (SSSR count). The first kappa shape index (κ1) is 15.7. The van der Waals surface area contributed by atoms with Crippen molar-refractivity contribution < 1.29 is 4.39 Å². The van der Waals surface area contributed by atoms with E-state index in [2.05, 4.69) is 0 Å². The smallest absolute Gasteiger partial charge is 0.169 e. The summed E-state index contributed by atoms with van der Waals surface area (Å²) in [5, 5.41) is 0.501. The highest BCUT2D eigenvalue weighted by molar-refractivity contribution is 6.33. The normalized spacial score (nSPS) is 12.2. The minimum atomic E-state index is -0.620. The van der Waals surface area contributed by atoms with Crippen LogP contribution in [0.1, 0.15) is 18.5 Å². The van der Waals surface area contributed by atoms with Crippen molar-refractivity contribution in [2.45, 2.75) is 13.0 Å². The second kappa shape index (κ2) is 6.00. The standard InChI is InChI=1S/C15H16Cl2FN3/c1-8(9-4-3-5-10(16)6-9)21(2)15-12(20)7-11(19)13(17)14(15)18/h3-8H,19-20H2,1-2H3. The van der Waals surface area contributed by atoms with Crippen molar-refractivity contribution >= 4 is 40.3 Å². The quantitative estimate of drug-likeness (QED) is 0.816. The molecule has 1 atom stereocenters. The summed E-state index contributed by atoms with van der Waals surface area (Å²) in [7, 11) is 1.74. The number of anilines is 3. The Labute approximate surface area is 133 Å². The molecule has 0 aliphatic rings. The number of hydrogen-bond donors (Lipinski definition) is 2. The third-order valence-corrected chi connectivity index (χ3v) is 4.12. The lowest BCUT2D eigenvalue weighted by molar-refractivity contribution is 0.613. The Morgan fingerprint density at radius 2 is 1.81 bits per heavy atom. The van der Waals surface area contributed by atoms with Gasteiger partial charge in [0.05, 0.1) is 23.1 Å². The van der Waals surface area contributed by atoms with Crippen LogP contribution in [0, 0.1) is 5.82 Å². The molecule has 2 aromatic rings. The molecule has 0 spiro atoms. The molecule has 3 nitrogen and oxygen atoms in total. The summed E-state index contributed by atoms with van der Waals surface area (Å²) in [6.07, 6.45) is 0. The van der Waals surface area contributed by atoms with Gasteiger partial charge in [0, 0.05) is 12.1 Å². The highest BCUT2D eigenvalue weighted by Crippen LogP contribution is 2.38. The molecule has 2 aromatic carbocycles. The van der Waals surface area contributed by atoms with Gasteiger partial charge in [-0.25, -0.2) is 4.39 Å². The van der Waals surface area contributed by atoms with Gasteiger partial charge >= 0.3 is 0 Å². The van der Waals surface area contributed by atoms with E-state index in [0.29, 0.717) is 5.02 Å². The van der Waals surface area contributed by atoms with Gasteiger partial charge in [0.25, 0.3) is 0 Å². The summed E-state index contributed by atoms with van der Waals surface area (Å²) in [4.78, 5) is 1.71. The number of hydrogen-bond acceptors (Lipinski definition) is 3. The summed E-state index contributed by atoms with van der Waals surface area (Å²) in [6.45, 7) is 1.93. The predicted octanol–water partition coefficient (Wildman–Crippen LogP) is 4.49. The Bertz CT molecular complexity index is 676. The van der Waals surface area contributed by atoms with Crippen LogP contribution in [0.5, 0.6) is 0 Å². The van der Waals surface area contributed by atoms with Gasteiger partial charge in [0.2, 0.25) is 0 Å². The first-order chi connectivity index (χ1) is 9.82. The van der Waals surface area contributed by atoms with Gasteiger partial charge in [0.1, 0.15) is 5.02 Å². The molecule has 6 heteroatoms. The average molecular weight is 328 g/mol. The molecular formula is C15H16Cl2FN3. The second-order valence-electron chi connectivity index (χ2n) is 4.87. The monoisotopic (exact) mass is 327 g/mol. The maximum absolute atomic E-state index is 14.4. The molecule has 0 aromatic heterocycles. The van der Waals surface area contributed by atoms with Crippen LogP contribution >= 0.6 is 23.2 Å². The van der Waals surface area contributed by atoms with Gasteiger partial charge in [-0.1, -0.05) is 35.3 Å². The molecule has 0 heterocycles. The average Bonchev–Trinajstić information content (AvgIpc) is 2.44. The van der Waals surface area contributed by atoms with Crippen molar-refractivity contribution in [3.05, 3.63) is 51.8 Å². The number of halogens is 3. The molecule has 0 saturated carbocycles. The topological polar surface area (TPSA) is 55.3 Å². The predicted molar refractivity (Wildman–Crippen MR) is 88.5 cm³/mol. The first-order valence-electron chi connectivity index (χ1n) is 6.34. The van der Waals surface area contributed by atoms with E-state index in [9.17, 15) is 4.39 Å². The third kappa shape index (κ3) is 3.01. The van der Waals surface area contributed by atoms with Crippen molar-refractivity contribution in [1.82, 2.24) is 0 Å². The lowest BCUT2D eigenvalue weighted by Gasteiger charge is -2.29. The van der Waals surface area contributed by atoms with Crippen LogP contribution in [0.2, 0.25) is 10.0 Å². The fraction of sp³-hybridized carbons (Fsp3) is 0.200. The van der Waals surface area contributed by atoms with E-state index in [1.54, 1.807) is 18.0 Å². The number of nitrogen functional groups attached to an aromatic ring is 2. The van der Waals surface area contributed by atoms with E-state index in [0.717, 1.165) is 5.56 Å². The number of benzene rings is 2. The fourth-order valence-corrected chi connectivity index (χ4v) is 2.54. The zero-order valence-electron chi connectivity index (χ0n) is 11.7. The van der Waals surface area contributed by atoms with Gasteiger partial charge in [0.15, 0.2) is 5.82 Å². The molecule has 4 N–H and O–H groups in total. The number of nitrogens with zero attached hydrogens (tertiary/aromatic N) is 1. The molecule has 1 unspecified atom stereocenters. The van der Waals surface area contributed by atoms with Crippen LogP contribution in [-0.4, -0.2) is 7.05 Å². The zero-order chi connectivity index (χ0) is 15.7. The molecule has 0 fully saturated rings. The lowest BCUT2D eigenvalue weighted by atomic mass is 10.1. The van der Waals surface area contributed by atoms with Crippen LogP contribution in [0.25, 0.3) is 0 Å². The molecule has 21 heavy (non-hydrogen) atoms. The van der Waals surface area contributed by atoms with E-state index < -0.39 is 5.82 Å². The maximum atomic E-state index is 14.4. The van der Waals surface area contributed by atoms with Gasteiger partial charge in [-0.3, -0.25) is 0 Å². The van der Waals surface area contributed by atoms with Gasteiger partial charge < -0.3 is 16.4 Å². The number of nitrogens with two attached hydrogens (primary N) is 2. The van der Waals surface area contributed by atoms with E-state index in [-0.39, 0.29) is 28.1 Å². The molecular weight excluding hydrogens is 312 g/mol. The molecule has 0 amide bonds. The number of rotatable bonds is 3. The lowest BCUT2D eigenvalue weighted by Crippen LogP contribution is -2.24. The van der Waals surface area contributed by atoms with E-state index in [1.165, 1.54) is 6.07 Å². The van der Waals surface area contributed by atoms with Gasteiger partial charge in [-0.15, -0.1) is 0 Å². The summed E-state index contributed by atoms with van der Waals surface area (Å²) < 4.78 is 14.4. The summed E-state index contributed by atoms with van der Waals surface area (Å²) in [6, 6.07) is 8.70. The van der Waals surface area contributed by atoms with Crippen molar-refractivity contribution in [2.24, 2.45) is 0 Å². The van der Waals surface area contributed by atoms with Crippen molar-refractivity contribution in [3.63, 3.8) is 0 Å². The van der Waals surface area contributed by atoms with Crippen molar-refractivity contribution in [1.29, 1.82) is 0 Å². The van der Waals surface area contributed by atoms with E-state index >= 15 is 0 Å². The second-order valence-corrected chi connectivity index (χ2v) is 5.69.